The van der Waals surface area contributed by atoms with Crippen LogP contribution in [0.3, 0.4) is 0 Å². The van der Waals surface area contributed by atoms with E-state index in [1.165, 1.54) is 12.6 Å². The van der Waals surface area contributed by atoms with Gasteiger partial charge in [0.05, 0.1) is 24.2 Å². The van der Waals surface area contributed by atoms with Crippen LogP contribution in [0, 0.1) is 5.92 Å². The second kappa shape index (κ2) is 13.4. The van der Waals surface area contributed by atoms with Gasteiger partial charge in [-0.25, -0.2) is 10.5 Å². The molecule has 0 bridgehead atoms. The van der Waals surface area contributed by atoms with Crippen LogP contribution in [0.4, 0.5) is 0 Å². The molecule has 0 radical (unpaired) electrons. The number of carbonyl (C=O) groups is 4. The van der Waals surface area contributed by atoms with Crippen molar-refractivity contribution < 1.29 is 29.1 Å². The topological polar surface area (TPSA) is 152 Å². The standard InChI is InChI=1S/C24H35N5O6/c1-5-6-11-29-19-8-7-16(24(33)25-14-22(32)35-4)13-17(19)27-23(29)18(12-15(2)3)26-20(30)9-10-21(31)28-34/h7-8,13,15,18,34H,5-6,9-12,14H2,1-4H3,(H,25,33)(H,26,30)(H,28,31). The molecule has 0 aliphatic heterocycles. The number of methoxy groups -OCH3 is 1. The largest absolute Gasteiger partial charge is 0.468 e. The Labute approximate surface area is 204 Å². The average molecular weight is 490 g/mol. The van der Waals surface area contributed by atoms with Crippen molar-refractivity contribution in [3.63, 3.8) is 0 Å². The summed E-state index contributed by atoms with van der Waals surface area (Å²) in [6, 6.07) is 4.75. The SMILES string of the molecule is CCCCn1c(C(CC(C)C)NC(=O)CCC(=O)NO)nc2cc(C(=O)NCC(=O)OC)ccc21. The van der Waals surface area contributed by atoms with Crippen molar-refractivity contribution in [2.24, 2.45) is 5.92 Å². The predicted molar refractivity (Wildman–Crippen MR) is 128 cm³/mol. The lowest BCUT2D eigenvalue weighted by Gasteiger charge is -2.22. The van der Waals surface area contributed by atoms with Gasteiger partial charge in [-0.15, -0.1) is 0 Å². The number of fused-ring (bicyclic) bond motifs is 1. The third kappa shape index (κ3) is 8.06. The molecule has 3 amide bonds. The molecular weight excluding hydrogens is 454 g/mol. The van der Waals surface area contributed by atoms with Crippen LogP contribution in [0.2, 0.25) is 0 Å². The number of aryl methyl sites for hydroxylation is 1. The molecule has 35 heavy (non-hydrogen) atoms. The summed E-state index contributed by atoms with van der Waals surface area (Å²) in [6.07, 6.45) is 2.29. The van der Waals surface area contributed by atoms with Crippen molar-refractivity contribution >= 4 is 34.7 Å². The van der Waals surface area contributed by atoms with Gasteiger partial charge in [-0.2, -0.15) is 0 Å². The summed E-state index contributed by atoms with van der Waals surface area (Å²) < 4.78 is 6.61. The van der Waals surface area contributed by atoms with Gasteiger partial charge in [-0.3, -0.25) is 24.4 Å². The van der Waals surface area contributed by atoms with Crippen LogP contribution in [0.25, 0.3) is 11.0 Å². The van der Waals surface area contributed by atoms with E-state index in [-0.39, 0.29) is 31.2 Å². The summed E-state index contributed by atoms with van der Waals surface area (Å²) in [4.78, 5) is 52.5. The number of nitrogens with one attached hydrogen (secondary N) is 3. The molecular formula is C24H35N5O6. The number of benzene rings is 1. The van der Waals surface area contributed by atoms with Crippen molar-refractivity contribution in [2.75, 3.05) is 13.7 Å². The van der Waals surface area contributed by atoms with Gasteiger partial charge < -0.3 is 19.9 Å². The van der Waals surface area contributed by atoms with Crippen LogP contribution in [0.15, 0.2) is 18.2 Å². The van der Waals surface area contributed by atoms with Gasteiger partial charge in [-0.1, -0.05) is 27.2 Å². The number of amides is 3. The van der Waals surface area contributed by atoms with Gasteiger partial charge in [0.25, 0.3) is 5.91 Å². The Morgan fingerprint density at radius 1 is 1.14 bits per heavy atom. The zero-order chi connectivity index (χ0) is 26.0. The first-order valence-electron chi connectivity index (χ1n) is 11.8. The number of imidazole rings is 1. The summed E-state index contributed by atoms with van der Waals surface area (Å²) in [5, 5.41) is 14.2. The molecule has 0 saturated heterocycles. The van der Waals surface area contributed by atoms with Crippen molar-refractivity contribution in [3.05, 3.63) is 29.6 Å². The molecule has 0 aliphatic carbocycles. The average Bonchev–Trinajstić information content (AvgIpc) is 3.21. The van der Waals surface area contributed by atoms with E-state index in [1.54, 1.807) is 12.1 Å². The quantitative estimate of drug-likeness (QED) is 0.191. The molecule has 4 N–H and O–H groups in total. The number of unbranched alkanes of at least 4 members (excludes halogenated alkanes) is 1. The second-order valence-electron chi connectivity index (χ2n) is 8.72. The van der Waals surface area contributed by atoms with E-state index in [0.29, 0.717) is 29.9 Å². The van der Waals surface area contributed by atoms with Gasteiger partial charge in [0.15, 0.2) is 0 Å². The normalized spacial score (nSPS) is 11.8. The summed E-state index contributed by atoms with van der Waals surface area (Å²) in [5.41, 5.74) is 3.32. The molecule has 0 fully saturated rings. The van der Waals surface area contributed by atoms with Crippen LogP contribution < -0.4 is 16.1 Å². The molecule has 0 aliphatic rings. The Kier molecular flexibility index (Phi) is 10.7. The molecule has 1 aromatic carbocycles. The number of rotatable bonds is 13. The Bertz CT molecular complexity index is 1050. The Hall–Kier alpha value is -3.47. The van der Waals surface area contributed by atoms with Gasteiger partial charge >= 0.3 is 5.97 Å². The maximum atomic E-state index is 12.6. The highest BCUT2D eigenvalue weighted by Gasteiger charge is 2.24. The third-order valence-corrected chi connectivity index (χ3v) is 5.45. The third-order valence-electron chi connectivity index (χ3n) is 5.45. The van der Waals surface area contributed by atoms with E-state index in [1.807, 2.05) is 19.9 Å². The van der Waals surface area contributed by atoms with E-state index < -0.39 is 23.8 Å². The highest BCUT2D eigenvalue weighted by molar-refractivity contribution is 5.98. The predicted octanol–water partition coefficient (Wildman–Crippen LogP) is 2.23. The Balaban J connectivity index is 2.39. The minimum Gasteiger partial charge on any atom is -0.468 e. The first kappa shape index (κ1) is 27.8. The van der Waals surface area contributed by atoms with E-state index in [0.717, 1.165) is 18.4 Å². The molecule has 2 rings (SSSR count). The molecule has 0 spiro atoms. The first-order chi connectivity index (χ1) is 16.7. The summed E-state index contributed by atoms with van der Waals surface area (Å²) >= 11 is 0. The summed E-state index contributed by atoms with van der Waals surface area (Å²) in [5.74, 6) is -0.996. The molecule has 0 saturated carbocycles. The lowest BCUT2D eigenvalue weighted by atomic mass is 10.0. The fourth-order valence-electron chi connectivity index (χ4n) is 3.68. The van der Waals surface area contributed by atoms with E-state index >= 15 is 0 Å². The number of aromatic nitrogens is 2. The van der Waals surface area contributed by atoms with E-state index in [4.69, 9.17) is 10.2 Å². The van der Waals surface area contributed by atoms with Crippen LogP contribution in [0.1, 0.15) is 75.1 Å². The second-order valence-corrected chi connectivity index (χ2v) is 8.72. The van der Waals surface area contributed by atoms with Crippen LogP contribution in [0.5, 0.6) is 0 Å². The fourth-order valence-corrected chi connectivity index (χ4v) is 3.68. The molecule has 1 unspecified atom stereocenters. The van der Waals surface area contributed by atoms with Crippen molar-refractivity contribution in [3.8, 4) is 0 Å². The highest BCUT2D eigenvalue weighted by Crippen LogP contribution is 2.27. The molecule has 192 valence electrons. The van der Waals surface area contributed by atoms with Gasteiger partial charge in [0.1, 0.15) is 12.4 Å². The molecule has 11 nitrogen and oxygen atoms in total. The van der Waals surface area contributed by atoms with Gasteiger partial charge in [0, 0.05) is 24.9 Å². The van der Waals surface area contributed by atoms with Crippen molar-refractivity contribution in [2.45, 2.75) is 65.5 Å². The number of esters is 1. The maximum Gasteiger partial charge on any atom is 0.325 e. The van der Waals surface area contributed by atoms with Crippen LogP contribution in [-0.2, 0) is 25.7 Å². The number of nitrogens with zero attached hydrogens (tertiary/aromatic N) is 2. The molecule has 1 atom stereocenters. The van der Waals surface area contributed by atoms with Crippen LogP contribution >= 0.6 is 0 Å². The zero-order valence-corrected chi connectivity index (χ0v) is 20.7. The van der Waals surface area contributed by atoms with Gasteiger partial charge in [-0.05, 0) is 37.0 Å². The van der Waals surface area contributed by atoms with Crippen molar-refractivity contribution in [1.29, 1.82) is 0 Å². The first-order valence-corrected chi connectivity index (χ1v) is 11.8. The molecule has 1 heterocycles. The Morgan fingerprint density at radius 3 is 2.49 bits per heavy atom. The summed E-state index contributed by atoms with van der Waals surface area (Å²) in [6.45, 7) is 6.62. The smallest absolute Gasteiger partial charge is 0.325 e. The lowest BCUT2D eigenvalue weighted by molar-refractivity contribution is -0.139. The summed E-state index contributed by atoms with van der Waals surface area (Å²) in [7, 11) is 1.25. The number of hydroxylamine groups is 1. The number of carbonyl (C=O) groups excluding carboxylic acids is 4. The van der Waals surface area contributed by atoms with Gasteiger partial charge in [0.2, 0.25) is 11.8 Å². The van der Waals surface area contributed by atoms with Crippen LogP contribution in [-0.4, -0.2) is 52.1 Å². The molecule has 11 heteroatoms. The highest BCUT2D eigenvalue weighted by atomic mass is 16.5. The van der Waals surface area contributed by atoms with Crippen molar-refractivity contribution in [1.82, 2.24) is 25.7 Å². The molecule has 2 aromatic rings. The number of ether oxygens (including phenoxy) is 1. The monoisotopic (exact) mass is 489 g/mol. The maximum absolute atomic E-state index is 12.6. The van der Waals surface area contributed by atoms with E-state index in [9.17, 15) is 19.2 Å². The molecule has 1 aromatic heterocycles. The lowest BCUT2D eigenvalue weighted by Crippen LogP contribution is -2.32. The minimum atomic E-state index is -0.631. The zero-order valence-electron chi connectivity index (χ0n) is 20.7. The van der Waals surface area contributed by atoms with E-state index in [2.05, 4.69) is 26.9 Å². The minimum absolute atomic E-state index is 0.0688. The fraction of sp³-hybridized carbons (Fsp3) is 0.542. The number of hydrogen-bond acceptors (Lipinski definition) is 7. The number of hydrogen-bond donors (Lipinski definition) is 4. The Morgan fingerprint density at radius 2 is 1.86 bits per heavy atom.